The largest absolute Gasteiger partial charge is 0.343 e. The van der Waals surface area contributed by atoms with E-state index in [0.717, 1.165) is 22.4 Å². The van der Waals surface area contributed by atoms with Crippen molar-refractivity contribution in [2.24, 2.45) is 0 Å². The van der Waals surface area contributed by atoms with Gasteiger partial charge in [-0.3, -0.25) is 9.78 Å². The van der Waals surface area contributed by atoms with Crippen molar-refractivity contribution in [3.8, 4) is 0 Å². The molecule has 1 aromatic heterocycles. The highest BCUT2D eigenvalue weighted by Gasteiger charge is 2.26. The lowest BCUT2D eigenvalue weighted by atomic mass is 9.90. The Bertz CT molecular complexity index is 956. The first-order valence-electron chi connectivity index (χ1n) is 9.69. The van der Waals surface area contributed by atoms with E-state index in [1.165, 1.54) is 0 Å². The second-order valence-corrected chi connectivity index (χ2v) is 6.86. The maximum absolute atomic E-state index is 13.6. The number of rotatable bonds is 6. The van der Waals surface area contributed by atoms with Gasteiger partial charge in [-0.2, -0.15) is 0 Å². The van der Waals surface area contributed by atoms with Crippen molar-refractivity contribution in [2.75, 3.05) is 0 Å². The van der Waals surface area contributed by atoms with E-state index in [2.05, 4.69) is 10.3 Å². The Labute approximate surface area is 171 Å². The van der Waals surface area contributed by atoms with Gasteiger partial charge in [0.25, 0.3) is 0 Å². The third kappa shape index (κ3) is 4.41. The van der Waals surface area contributed by atoms with Gasteiger partial charge in [-0.15, -0.1) is 0 Å². The summed E-state index contributed by atoms with van der Waals surface area (Å²) < 4.78 is 0. The molecule has 0 bridgehead atoms. The average Bonchev–Trinajstić information content (AvgIpc) is 2.80. The summed E-state index contributed by atoms with van der Waals surface area (Å²) in [5.74, 6) is -0.450. The SMILES string of the molecule is O=C(NC(c1ccccc1)c1ccccn1)C(c1ccccc1)c1ccccc1. The van der Waals surface area contributed by atoms with Gasteiger partial charge in [-0.1, -0.05) is 97.1 Å². The number of benzene rings is 3. The van der Waals surface area contributed by atoms with Crippen LogP contribution < -0.4 is 5.32 Å². The molecule has 142 valence electrons. The zero-order chi connectivity index (χ0) is 19.9. The molecule has 4 rings (SSSR count). The number of nitrogens with one attached hydrogen (secondary N) is 1. The first-order valence-corrected chi connectivity index (χ1v) is 9.69. The zero-order valence-electron chi connectivity index (χ0n) is 16.0. The fourth-order valence-electron chi connectivity index (χ4n) is 3.53. The summed E-state index contributed by atoms with van der Waals surface area (Å²) in [7, 11) is 0. The van der Waals surface area contributed by atoms with Crippen LogP contribution in [0.4, 0.5) is 0 Å². The molecule has 1 heterocycles. The van der Waals surface area contributed by atoms with Gasteiger partial charge < -0.3 is 5.32 Å². The molecule has 0 aliphatic carbocycles. The van der Waals surface area contributed by atoms with Gasteiger partial charge in [-0.25, -0.2) is 0 Å². The molecular weight excluding hydrogens is 356 g/mol. The van der Waals surface area contributed by atoms with E-state index in [9.17, 15) is 4.79 Å². The summed E-state index contributed by atoms with van der Waals surface area (Å²) in [5, 5.41) is 3.25. The lowest BCUT2D eigenvalue weighted by molar-refractivity contribution is -0.122. The number of nitrogens with zero attached hydrogens (tertiary/aromatic N) is 1. The first-order chi connectivity index (χ1) is 14.3. The van der Waals surface area contributed by atoms with E-state index in [-0.39, 0.29) is 11.9 Å². The van der Waals surface area contributed by atoms with Crippen molar-refractivity contribution in [3.63, 3.8) is 0 Å². The van der Waals surface area contributed by atoms with E-state index in [1.807, 2.05) is 109 Å². The number of hydrogen-bond acceptors (Lipinski definition) is 2. The van der Waals surface area contributed by atoms with Crippen LogP contribution in [0, 0.1) is 0 Å². The maximum Gasteiger partial charge on any atom is 0.232 e. The van der Waals surface area contributed by atoms with Gasteiger partial charge in [0.2, 0.25) is 5.91 Å². The number of amides is 1. The molecule has 3 aromatic carbocycles. The number of carbonyl (C=O) groups excluding carboxylic acids is 1. The Kier molecular flexibility index (Phi) is 5.77. The van der Waals surface area contributed by atoms with E-state index in [4.69, 9.17) is 0 Å². The van der Waals surface area contributed by atoms with Gasteiger partial charge in [0.1, 0.15) is 0 Å². The molecule has 1 atom stereocenters. The van der Waals surface area contributed by atoms with Crippen LogP contribution in [0.1, 0.15) is 34.3 Å². The molecule has 0 saturated carbocycles. The van der Waals surface area contributed by atoms with Crippen molar-refractivity contribution in [1.82, 2.24) is 10.3 Å². The third-order valence-electron chi connectivity index (χ3n) is 4.93. The lowest BCUT2D eigenvalue weighted by Gasteiger charge is -2.23. The lowest BCUT2D eigenvalue weighted by Crippen LogP contribution is -2.34. The Morgan fingerprint density at radius 2 is 1.10 bits per heavy atom. The van der Waals surface area contributed by atoms with Gasteiger partial charge >= 0.3 is 0 Å². The van der Waals surface area contributed by atoms with E-state index >= 15 is 0 Å². The quantitative estimate of drug-likeness (QED) is 0.506. The van der Waals surface area contributed by atoms with E-state index in [1.54, 1.807) is 6.20 Å². The predicted octanol–water partition coefficient (Wildman–Crippen LogP) is 5.12. The van der Waals surface area contributed by atoms with Crippen LogP contribution in [-0.2, 0) is 4.79 Å². The van der Waals surface area contributed by atoms with Crippen LogP contribution in [-0.4, -0.2) is 10.9 Å². The second-order valence-electron chi connectivity index (χ2n) is 6.86. The van der Waals surface area contributed by atoms with E-state index < -0.39 is 5.92 Å². The summed E-state index contributed by atoms with van der Waals surface area (Å²) in [4.78, 5) is 18.1. The van der Waals surface area contributed by atoms with Crippen LogP contribution in [0.5, 0.6) is 0 Å². The van der Waals surface area contributed by atoms with Gasteiger partial charge in [0.15, 0.2) is 0 Å². The minimum Gasteiger partial charge on any atom is -0.343 e. The van der Waals surface area contributed by atoms with Gasteiger partial charge in [0.05, 0.1) is 17.7 Å². The minimum absolute atomic E-state index is 0.0538. The molecule has 0 spiro atoms. The molecular formula is C26H22N2O. The van der Waals surface area contributed by atoms with Crippen LogP contribution >= 0.6 is 0 Å². The summed E-state index contributed by atoms with van der Waals surface area (Å²) in [6.45, 7) is 0. The number of aromatic nitrogens is 1. The molecule has 0 saturated heterocycles. The highest BCUT2D eigenvalue weighted by atomic mass is 16.2. The van der Waals surface area contributed by atoms with Crippen LogP contribution in [0.2, 0.25) is 0 Å². The molecule has 0 radical (unpaired) electrons. The fraction of sp³-hybridized carbons (Fsp3) is 0.0769. The molecule has 0 aliphatic heterocycles. The van der Waals surface area contributed by atoms with Crippen molar-refractivity contribution in [2.45, 2.75) is 12.0 Å². The molecule has 0 fully saturated rings. The topological polar surface area (TPSA) is 42.0 Å². The standard InChI is InChI=1S/C26H22N2O/c29-26(24(20-12-4-1-5-13-20)21-14-6-2-7-15-21)28-25(22-16-8-3-9-17-22)23-18-10-11-19-27-23/h1-19,24-25H,(H,28,29). The summed E-state index contributed by atoms with van der Waals surface area (Å²) in [5.41, 5.74) is 3.74. The zero-order valence-corrected chi connectivity index (χ0v) is 16.0. The molecule has 29 heavy (non-hydrogen) atoms. The number of carbonyl (C=O) groups is 1. The smallest absolute Gasteiger partial charge is 0.232 e. The number of pyridine rings is 1. The Morgan fingerprint density at radius 1 is 0.621 bits per heavy atom. The molecule has 0 aliphatic rings. The summed E-state index contributed by atoms with van der Waals surface area (Å²) >= 11 is 0. The van der Waals surface area contributed by atoms with Crippen molar-refractivity contribution < 1.29 is 4.79 Å². The first kappa shape index (κ1) is 18.6. The fourth-order valence-corrected chi connectivity index (χ4v) is 3.53. The van der Waals surface area contributed by atoms with Crippen molar-refractivity contribution in [3.05, 3.63) is 138 Å². The monoisotopic (exact) mass is 378 g/mol. The molecule has 4 aromatic rings. The minimum atomic E-state index is -0.396. The number of hydrogen-bond donors (Lipinski definition) is 1. The molecule has 3 heteroatoms. The molecule has 1 N–H and O–H groups in total. The van der Waals surface area contributed by atoms with Crippen molar-refractivity contribution in [1.29, 1.82) is 0 Å². The van der Waals surface area contributed by atoms with Crippen molar-refractivity contribution >= 4 is 5.91 Å². The van der Waals surface area contributed by atoms with Crippen LogP contribution in [0.25, 0.3) is 0 Å². The molecule has 1 amide bonds. The Morgan fingerprint density at radius 3 is 1.59 bits per heavy atom. The normalized spacial score (nSPS) is 11.8. The van der Waals surface area contributed by atoms with E-state index in [0.29, 0.717) is 0 Å². The van der Waals surface area contributed by atoms with Gasteiger partial charge in [0, 0.05) is 6.20 Å². The third-order valence-corrected chi connectivity index (χ3v) is 4.93. The molecule has 3 nitrogen and oxygen atoms in total. The molecule has 1 unspecified atom stereocenters. The summed E-state index contributed by atoms with van der Waals surface area (Å²) in [6.07, 6.45) is 1.75. The average molecular weight is 378 g/mol. The second kappa shape index (κ2) is 8.98. The summed E-state index contributed by atoms with van der Waals surface area (Å²) in [6, 6.07) is 35.2. The Balaban J connectivity index is 1.71. The van der Waals surface area contributed by atoms with Crippen LogP contribution in [0.15, 0.2) is 115 Å². The maximum atomic E-state index is 13.6. The highest BCUT2D eigenvalue weighted by Crippen LogP contribution is 2.27. The predicted molar refractivity (Wildman–Crippen MR) is 115 cm³/mol. The van der Waals surface area contributed by atoms with Crippen LogP contribution in [0.3, 0.4) is 0 Å². The Hall–Kier alpha value is -3.72. The van der Waals surface area contributed by atoms with Gasteiger partial charge in [-0.05, 0) is 28.8 Å². The highest BCUT2D eigenvalue weighted by molar-refractivity contribution is 5.87.